The Labute approximate surface area is 222 Å². The predicted molar refractivity (Wildman–Crippen MR) is 146 cm³/mol. The molecule has 1 unspecified atom stereocenters. The van der Waals surface area contributed by atoms with E-state index in [-0.39, 0.29) is 18.2 Å². The lowest BCUT2D eigenvalue weighted by Gasteiger charge is -2.29. The first-order valence-electron chi connectivity index (χ1n) is 12.9. The van der Waals surface area contributed by atoms with Crippen LogP contribution >= 0.6 is 0 Å². The van der Waals surface area contributed by atoms with E-state index in [1.807, 2.05) is 54.6 Å². The maximum atomic E-state index is 13.7. The van der Waals surface area contributed by atoms with Crippen molar-refractivity contribution in [3.8, 4) is 0 Å². The summed E-state index contributed by atoms with van der Waals surface area (Å²) in [6, 6.07) is 15.6. The van der Waals surface area contributed by atoms with Crippen LogP contribution in [0.25, 0.3) is 10.8 Å². The zero-order valence-corrected chi connectivity index (χ0v) is 22.1. The van der Waals surface area contributed by atoms with Gasteiger partial charge >= 0.3 is 6.09 Å². The minimum atomic E-state index is -0.864. The van der Waals surface area contributed by atoms with Crippen LogP contribution in [0.2, 0.25) is 0 Å². The third-order valence-corrected chi connectivity index (χ3v) is 6.44. The van der Waals surface area contributed by atoms with Gasteiger partial charge in [0.05, 0.1) is 0 Å². The topological polar surface area (TPSA) is 127 Å². The summed E-state index contributed by atoms with van der Waals surface area (Å²) in [7, 11) is 0. The first-order valence-corrected chi connectivity index (χ1v) is 12.9. The number of pyridine rings is 1. The number of benzene rings is 2. The zero-order chi connectivity index (χ0) is 27.3. The fourth-order valence-electron chi connectivity index (χ4n) is 4.66. The quantitative estimate of drug-likeness (QED) is 0.440. The van der Waals surface area contributed by atoms with E-state index in [1.165, 1.54) is 0 Å². The number of amides is 3. The van der Waals surface area contributed by atoms with Gasteiger partial charge in [-0.05, 0) is 62.3 Å². The maximum Gasteiger partial charge on any atom is 0.408 e. The SMILES string of the molecule is CC(C)(C)OC(=O)N[C@H](Cc1ccccc1)C(=O)N1CCCC1C(=O)NCc1ccc2ccnc(N)c2c1. The molecule has 200 valence electrons. The van der Waals surface area contributed by atoms with Gasteiger partial charge in [-0.15, -0.1) is 0 Å². The van der Waals surface area contributed by atoms with Crippen molar-refractivity contribution in [3.05, 3.63) is 71.9 Å². The number of carbonyl (C=O) groups excluding carboxylic acids is 3. The van der Waals surface area contributed by atoms with Crippen molar-refractivity contribution < 1.29 is 19.1 Å². The van der Waals surface area contributed by atoms with Crippen molar-refractivity contribution in [2.45, 2.75) is 64.3 Å². The van der Waals surface area contributed by atoms with E-state index in [9.17, 15) is 14.4 Å². The van der Waals surface area contributed by atoms with Gasteiger partial charge in [-0.1, -0.05) is 42.5 Å². The van der Waals surface area contributed by atoms with Crippen LogP contribution in [-0.2, 0) is 27.3 Å². The molecule has 2 atom stereocenters. The summed E-state index contributed by atoms with van der Waals surface area (Å²) in [5.74, 6) is -0.0991. The Morgan fingerprint density at radius 2 is 1.87 bits per heavy atom. The molecular weight excluding hydrogens is 482 g/mol. The van der Waals surface area contributed by atoms with Gasteiger partial charge in [0, 0.05) is 31.1 Å². The molecule has 1 aromatic heterocycles. The number of alkyl carbamates (subject to hydrolysis) is 1. The summed E-state index contributed by atoms with van der Waals surface area (Å²) < 4.78 is 5.41. The molecule has 1 aliphatic rings. The van der Waals surface area contributed by atoms with Crippen molar-refractivity contribution in [2.75, 3.05) is 12.3 Å². The number of hydrogen-bond acceptors (Lipinski definition) is 6. The largest absolute Gasteiger partial charge is 0.444 e. The van der Waals surface area contributed by atoms with Crippen LogP contribution in [0.5, 0.6) is 0 Å². The molecule has 9 nitrogen and oxygen atoms in total. The molecule has 38 heavy (non-hydrogen) atoms. The molecule has 3 aromatic rings. The molecule has 0 saturated carbocycles. The first-order chi connectivity index (χ1) is 18.1. The number of fused-ring (bicyclic) bond motifs is 1. The van der Waals surface area contributed by atoms with Crippen molar-refractivity contribution in [1.29, 1.82) is 0 Å². The third-order valence-electron chi connectivity index (χ3n) is 6.44. The fourth-order valence-corrected chi connectivity index (χ4v) is 4.66. The lowest BCUT2D eigenvalue weighted by Crippen LogP contribution is -2.54. The molecule has 1 aliphatic heterocycles. The van der Waals surface area contributed by atoms with Crippen LogP contribution < -0.4 is 16.4 Å². The minimum absolute atomic E-state index is 0.231. The molecule has 3 amide bonds. The number of hydrogen-bond donors (Lipinski definition) is 3. The van der Waals surface area contributed by atoms with Gasteiger partial charge in [0.1, 0.15) is 23.5 Å². The lowest BCUT2D eigenvalue weighted by atomic mass is 10.0. The van der Waals surface area contributed by atoms with Gasteiger partial charge in [-0.3, -0.25) is 9.59 Å². The number of ether oxygens (including phenoxy) is 1. The maximum absolute atomic E-state index is 13.7. The Bertz CT molecular complexity index is 1310. The molecule has 0 bridgehead atoms. The van der Waals surface area contributed by atoms with E-state index in [0.29, 0.717) is 31.7 Å². The molecule has 2 aromatic carbocycles. The van der Waals surface area contributed by atoms with E-state index in [4.69, 9.17) is 10.5 Å². The smallest absolute Gasteiger partial charge is 0.408 e. The standard InChI is InChI=1S/C29H35N5O4/c1-29(2,3)38-28(37)33-23(17-19-8-5-4-6-9-19)27(36)34-15-7-10-24(34)26(35)32-18-20-11-12-21-13-14-31-25(30)22(21)16-20/h4-6,8-9,11-14,16,23-24H,7,10,15,17-18H2,1-3H3,(H2,30,31)(H,32,35)(H,33,37)/t23-,24?/m1/s1. The van der Waals surface area contributed by atoms with Gasteiger partial charge in [0.15, 0.2) is 0 Å². The van der Waals surface area contributed by atoms with E-state index < -0.39 is 23.8 Å². The normalized spacial score (nSPS) is 16.2. The van der Waals surface area contributed by atoms with Crippen LogP contribution in [0.4, 0.5) is 10.6 Å². The molecule has 0 aliphatic carbocycles. The van der Waals surface area contributed by atoms with Gasteiger partial charge in [0.2, 0.25) is 11.8 Å². The third kappa shape index (κ3) is 6.79. The Kier molecular flexibility index (Phi) is 8.14. The fraction of sp³-hybridized carbons (Fsp3) is 0.379. The second-order valence-electron chi connectivity index (χ2n) is 10.5. The first kappa shape index (κ1) is 26.9. The Balaban J connectivity index is 1.45. The highest BCUT2D eigenvalue weighted by Gasteiger charge is 2.38. The molecular formula is C29H35N5O4. The highest BCUT2D eigenvalue weighted by atomic mass is 16.6. The van der Waals surface area contributed by atoms with Gasteiger partial charge in [-0.2, -0.15) is 0 Å². The summed E-state index contributed by atoms with van der Waals surface area (Å²) in [5.41, 5.74) is 7.08. The zero-order valence-electron chi connectivity index (χ0n) is 22.1. The summed E-state index contributed by atoms with van der Waals surface area (Å²) in [5, 5.41) is 7.50. The molecule has 9 heteroatoms. The molecule has 1 fully saturated rings. The number of carbonyl (C=O) groups is 3. The van der Waals surface area contributed by atoms with E-state index >= 15 is 0 Å². The highest BCUT2D eigenvalue weighted by Crippen LogP contribution is 2.22. The summed E-state index contributed by atoms with van der Waals surface area (Å²) in [6.45, 7) is 6.03. The average molecular weight is 518 g/mol. The molecule has 4 rings (SSSR count). The van der Waals surface area contributed by atoms with Gasteiger partial charge < -0.3 is 26.0 Å². The molecule has 4 N–H and O–H groups in total. The van der Waals surface area contributed by atoms with Crippen molar-refractivity contribution in [1.82, 2.24) is 20.5 Å². The van der Waals surface area contributed by atoms with Crippen LogP contribution in [0, 0.1) is 0 Å². The van der Waals surface area contributed by atoms with Crippen LogP contribution in [0.1, 0.15) is 44.7 Å². The van der Waals surface area contributed by atoms with Crippen LogP contribution in [0.15, 0.2) is 60.8 Å². The summed E-state index contributed by atoms with van der Waals surface area (Å²) in [6.07, 6.45) is 2.53. The van der Waals surface area contributed by atoms with E-state index in [0.717, 1.165) is 21.9 Å². The predicted octanol–water partition coefficient (Wildman–Crippen LogP) is 3.56. The average Bonchev–Trinajstić information content (AvgIpc) is 3.36. The summed E-state index contributed by atoms with van der Waals surface area (Å²) in [4.78, 5) is 45.2. The van der Waals surface area contributed by atoms with Gasteiger partial charge in [-0.25, -0.2) is 9.78 Å². The number of likely N-dealkylation sites (tertiary alicyclic amines) is 1. The van der Waals surface area contributed by atoms with E-state index in [1.54, 1.807) is 31.9 Å². The number of nitrogens with zero attached hydrogens (tertiary/aromatic N) is 2. The van der Waals surface area contributed by atoms with E-state index in [2.05, 4.69) is 15.6 Å². The second kappa shape index (κ2) is 11.5. The minimum Gasteiger partial charge on any atom is -0.444 e. The Hall–Kier alpha value is -4.14. The monoisotopic (exact) mass is 517 g/mol. The van der Waals surface area contributed by atoms with Crippen LogP contribution in [-0.4, -0.2) is 52.0 Å². The Morgan fingerprint density at radius 3 is 2.61 bits per heavy atom. The van der Waals surface area contributed by atoms with Crippen molar-refractivity contribution >= 4 is 34.5 Å². The van der Waals surface area contributed by atoms with Gasteiger partial charge in [0.25, 0.3) is 0 Å². The van der Waals surface area contributed by atoms with Crippen molar-refractivity contribution in [3.63, 3.8) is 0 Å². The Morgan fingerprint density at radius 1 is 1.11 bits per heavy atom. The molecule has 1 saturated heterocycles. The molecule has 2 heterocycles. The van der Waals surface area contributed by atoms with Crippen molar-refractivity contribution in [2.24, 2.45) is 0 Å². The number of nitrogens with one attached hydrogen (secondary N) is 2. The molecule has 0 radical (unpaired) electrons. The highest BCUT2D eigenvalue weighted by molar-refractivity contribution is 5.93. The second-order valence-corrected chi connectivity index (χ2v) is 10.5. The number of rotatable bonds is 7. The van der Waals surface area contributed by atoms with Crippen LogP contribution in [0.3, 0.4) is 0 Å². The number of nitrogen functional groups attached to an aromatic ring is 1. The number of anilines is 1. The molecule has 0 spiro atoms. The number of aromatic nitrogens is 1. The lowest BCUT2D eigenvalue weighted by molar-refractivity contribution is -0.140. The summed E-state index contributed by atoms with van der Waals surface area (Å²) >= 11 is 0. The number of nitrogens with two attached hydrogens (primary N) is 1.